The molecule has 0 saturated carbocycles. The molecule has 7 heteroatoms. The second-order valence-electron chi connectivity index (χ2n) is 11.1. The molecule has 3 aromatic carbocycles. The summed E-state index contributed by atoms with van der Waals surface area (Å²) in [5.74, 6) is -0.443. The van der Waals surface area contributed by atoms with E-state index >= 15 is 0 Å². The van der Waals surface area contributed by atoms with Gasteiger partial charge in [-0.25, -0.2) is 0 Å². The van der Waals surface area contributed by atoms with Gasteiger partial charge in [0.1, 0.15) is 11.8 Å². The van der Waals surface area contributed by atoms with Crippen LogP contribution in [0.25, 0.3) is 11.1 Å². The number of aromatic hydroxyl groups is 1. The highest BCUT2D eigenvalue weighted by atomic mass is 35.5. The van der Waals surface area contributed by atoms with Crippen LogP contribution in [0.5, 0.6) is 5.75 Å². The van der Waals surface area contributed by atoms with E-state index in [1.165, 1.54) is 0 Å². The number of phenols is 1. The number of carbonyl (C=O) groups is 2. The Balaban J connectivity index is 1.50. The molecule has 2 atom stereocenters. The SMILES string of the molecule is CC(C)[C@@H](NC(=O)c1cccc(-c2ccc(O)cc2)c1)C(=O)N1CC[C@](O)(c2ccc(Cl)cc2)C(C)(C)C1. The first-order valence-electron chi connectivity index (χ1n) is 12.9. The number of likely N-dealkylation sites (tertiary alicyclic amines) is 1. The first-order valence-corrected chi connectivity index (χ1v) is 13.3. The van der Waals surface area contributed by atoms with Gasteiger partial charge in [0.15, 0.2) is 0 Å². The van der Waals surface area contributed by atoms with E-state index in [1.807, 2.05) is 45.9 Å². The number of nitrogens with zero attached hydrogens (tertiary/aromatic N) is 1. The number of phenolic OH excluding ortho intramolecular Hbond substituents is 1. The summed E-state index contributed by atoms with van der Waals surface area (Å²) in [6.45, 7) is 8.46. The van der Waals surface area contributed by atoms with Crippen LogP contribution in [0.15, 0.2) is 72.8 Å². The van der Waals surface area contributed by atoms with Gasteiger partial charge in [0, 0.05) is 29.1 Å². The van der Waals surface area contributed by atoms with Crippen LogP contribution in [0, 0.1) is 11.3 Å². The van der Waals surface area contributed by atoms with Crippen molar-refractivity contribution >= 4 is 23.4 Å². The number of benzene rings is 3. The molecule has 38 heavy (non-hydrogen) atoms. The lowest BCUT2D eigenvalue weighted by atomic mass is 9.66. The average Bonchev–Trinajstić information content (AvgIpc) is 2.89. The van der Waals surface area contributed by atoms with Gasteiger partial charge in [0.05, 0.1) is 5.60 Å². The van der Waals surface area contributed by atoms with Crippen molar-refractivity contribution in [3.8, 4) is 16.9 Å². The molecule has 3 N–H and O–H groups in total. The number of hydrogen-bond acceptors (Lipinski definition) is 4. The molecule has 1 saturated heterocycles. The molecule has 6 nitrogen and oxygen atoms in total. The van der Waals surface area contributed by atoms with Crippen molar-refractivity contribution in [1.82, 2.24) is 10.2 Å². The molecular weight excluding hydrogens is 500 g/mol. The summed E-state index contributed by atoms with van der Waals surface area (Å²) in [6.07, 6.45) is 0.376. The van der Waals surface area contributed by atoms with Crippen molar-refractivity contribution in [2.75, 3.05) is 13.1 Å². The van der Waals surface area contributed by atoms with Gasteiger partial charge in [-0.2, -0.15) is 0 Å². The van der Waals surface area contributed by atoms with Gasteiger partial charge in [-0.05, 0) is 65.4 Å². The minimum Gasteiger partial charge on any atom is -0.508 e. The second kappa shape index (κ2) is 10.8. The van der Waals surface area contributed by atoms with Gasteiger partial charge in [-0.1, -0.05) is 75.7 Å². The number of amides is 2. The van der Waals surface area contributed by atoms with E-state index in [1.54, 1.807) is 59.5 Å². The van der Waals surface area contributed by atoms with E-state index < -0.39 is 17.1 Å². The van der Waals surface area contributed by atoms with E-state index in [0.717, 1.165) is 16.7 Å². The second-order valence-corrected chi connectivity index (χ2v) is 11.5. The third-order valence-electron chi connectivity index (χ3n) is 7.63. The summed E-state index contributed by atoms with van der Waals surface area (Å²) >= 11 is 6.05. The fourth-order valence-electron chi connectivity index (χ4n) is 5.20. The van der Waals surface area contributed by atoms with Crippen molar-refractivity contribution in [2.24, 2.45) is 11.3 Å². The lowest BCUT2D eigenvalue weighted by molar-refractivity contribution is -0.155. The lowest BCUT2D eigenvalue weighted by Crippen LogP contribution is -2.60. The number of aliphatic hydroxyl groups is 1. The number of piperidine rings is 1. The lowest BCUT2D eigenvalue weighted by Gasteiger charge is -2.51. The Morgan fingerprint density at radius 1 is 0.974 bits per heavy atom. The van der Waals surface area contributed by atoms with Crippen molar-refractivity contribution in [3.05, 3.63) is 88.9 Å². The van der Waals surface area contributed by atoms with E-state index in [-0.39, 0.29) is 23.5 Å². The molecule has 0 unspecified atom stereocenters. The maximum absolute atomic E-state index is 13.7. The molecular formula is C31H35ClN2O4. The number of halogens is 1. The van der Waals surface area contributed by atoms with E-state index in [4.69, 9.17) is 11.6 Å². The quantitative estimate of drug-likeness (QED) is 0.383. The zero-order chi connectivity index (χ0) is 27.7. The fourth-order valence-corrected chi connectivity index (χ4v) is 5.33. The summed E-state index contributed by atoms with van der Waals surface area (Å²) in [4.78, 5) is 28.7. The Labute approximate surface area is 229 Å². The molecule has 1 aliphatic rings. The molecule has 0 aromatic heterocycles. The zero-order valence-corrected chi connectivity index (χ0v) is 23.0. The maximum Gasteiger partial charge on any atom is 0.251 e. The highest BCUT2D eigenvalue weighted by Crippen LogP contribution is 2.46. The number of nitrogens with one attached hydrogen (secondary N) is 1. The van der Waals surface area contributed by atoms with Gasteiger partial charge in [0.2, 0.25) is 5.91 Å². The molecule has 2 amide bonds. The van der Waals surface area contributed by atoms with Crippen LogP contribution in [0.4, 0.5) is 0 Å². The molecule has 3 aromatic rings. The average molecular weight is 535 g/mol. The van der Waals surface area contributed by atoms with Gasteiger partial charge >= 0.3 is 0 Å². The Kier molecular flexibility index (Phi) is 7.86. The summed E-state index contributed by atoms with van der Waals surface area (Å²) in [5.41, 5.74) is 1.20. The van der Waals surface area contributed by atoms with Crippen LogP contribution >= 0.6 is 11.6 Å². The Hall–Kier alpha value is -3.35. The van der Waals surface area contributed by atoms with Crippen LogP contribution in [-0.4, -0.2) is 46.1 Å². The third kappa shape index (κ3) is 5.57. The van der Waals surface area contributed by atoms with Gasteiger partial charge < -0.3 is 20.4 Å². The van der Waals surface area contributed by atoms with E-state index in [0.29, 0.717) is 30.1 Å². The monoisotopic (exact) mass is 534 g/mol. The van der Waals surface area contributed by atoms with E-state index in [9.17, 15) is 19.8 Å². The van der Waals surface area contributed by atoms with Crippen LogP contribution in [0.3, 0.4) is 0 Å². The Morgan fingerprint density at radius 2 is 1.63 bits per heavy atom. The maximum atomic E-state index is 13.7. The molecule has 1 heterocycles. The number of hydrogen-bond donors (Lipinski definition) is 3. The summed E-state index contributed by atoms with van der Waals surface area (Å²) in [5, 5.41) is 24.8. The smallest absolute Gasteiger partial charge is 0.251 e. The number of rotatable bonds is 6. The van der Waals surface area contributed by atoms with Gasteiger partial charge in [0.25, 0.3) is 5.91 Å². The highest BCUT2D eigenvalue weighted by molar-refractivity contribution is 6.30. The van der Waals surface area contributed by atoms with Crippen molar-refractivity contribution in [2.45, 2.75) is 45.8 Å². The standard InChI is InChI=1S/C31H35ClN2O4/c1-20(2)27(33-28(36)23-7-5-6-22(18-23)21-8-14-26(35)15-9-21)29(37)34-17-16-31(38,30(3,4)19-34)24-10-12-25(32)13-11-24/h5-15,18,20,27,35,38H,16-17,19H2,1-4H3,(H,33,36)/t27-,31+/m1/s1. The van der Waals surface area contributed by atoms with Crippen molar-refractivity contribution in [3.63, 3.8) is 0 Å². The summed E-state index contributed by atoms with van der Waals surface area (Å²) in [7, 11) is 0. The van der Waals surface area contributed by atoms with Gasteiger partial charge in [-0.15, -0.1) is 0 Å². The molecule has 0 aliphatic carbocycles. The Bertz CT molecular complexity index is 1300. The highest BCUT2D eigenvalue weighted by Gasteiger charge is 2.50. The third-order valence-corrected chi connectivity index (χ3v) is 7.88. The van der Waals surface area contributed by atoms with Crippen LogP contribution in [0.1, 0.15) is 50.0 Å². The minimum atomic E-state index is -1.11. The molecule has 0 radical (unpaired) electrons. The van der Waals surface area contributed by atoms with Gasteiger partial charge in [-0.3, -0.25) is 9.59 Å². The Morgan fingerprint density at radius 3 is 2.24 bits per heavy atom. The normalized spacial score (nSPS) is 19.7. The predicted molar refractivity (Wildman–Crippen MR) is 150 cm³/mol. The fraction of sp³-hybridized carbons (Fsp3) is 0.355. The molecule has 1 fully saturated rings. The molecule has 4 rings (SSSR count). The van der Waals surface area contributed by atoms with E-state index in [2.05, 4.69) is 5.32 Å². The molecule has 1 aliphatic heterocycles. The van der Waals surface area contributed by atoms with Crippen LogP contribution in [0.2, 0.25) is 5.02 Å². The summed E-state index contributed by atoms with van der Waals surface area (Å²) in [6, 6.07) is 20.5. The topological polar surface area (TPSA) is 89.9 Å². The van der Waals surface area contributed by atoms with Crippen molar-refractivity contribution in [1.29, 1.82) is 0 Å². The largest absolute Gasteiger partial charge is 0.508 e. The first kappa shape index (κ1) is 27.7. The minimum absolute atomic E-state index is 0.132. The predicted octanol–water partition coefficient (Wildman–Crippen LogP) is 5.61. The first-order chi connectivity index (χ1) is 17.9. The summed E-state index contributed by atoms with van der Waals surface area (Å²) < 4.78 is 0. The van der Waals surface area contributed by atoms with Crippen LogP contribution in [-0.2, 0) is 10.4 Å². The molecule has 0 bridgehead atoms. The number of carbonyl (C=O) groups excluding carboxylic acids is 2. The van der Waals surface area contributed by atoms with Crippen LogP contribution < -0.4 is 5.32 Å². The zero-order valence-electron chi connectivity index (χ0n) is 22.2. The van der Waals surface area contributed by atoms with Crippen molar-refractivity contribution < 1.29 is 19.8 Å². The molecule has 0 spiro atoms. The molecule has 200 valence electrons.